The average Bonchev–Trinajstić information content (AvgIpc) is 3.00. The summed E-state index contributed by atoms with van der Waals surface area (Å²) in [4.78, 5) is 23.1. The maximum absolute atomic E-state index is 12.1. The number of aliphatic carboxylic acids is 1. The molecule has 1 aliphatic carbocycles. The number of urea groups is 1. The zero-order chi connectivity index (χ0) is 15.3. The Bertz CT molecular complexity index is 478. The standard InChI is InChI=1S/C15H22N2O4/c1-11(9-12-5-4-8-21-12)16-14(20)17-15(10-13(18)19)6-2-3-7-15/h4-5,8,11H,2-3,6-7,9-10H2,1H3,(H,18,19)(H2,16,17,20). The van der Waals surface area contributed by atoms with Gasteiger partial charge in [0.25, 0.3) is 0 Å². The topological polar surface area (TPSA) is 91.6 Å². The van der Waals surface area contributed by atoms with Crippen LogP contribution in [0.5, 0.6) is 0 Å². The van der Waals surface area contributed by atoms with Crippen molar-refractivity contribution in [3.05, 3.63) is 24.2 Å². The second-order valence-corrected chi connectivity index (χ2v) is 5.84. The van der Waals surface area contributed by atoms with Gasteiger partial charge in [-0.05, 0) is 31.9 Å². The third-order valence-electron chi connectivity index (χ3n) is 3.89. The third-order valence-corrected chi connectivity index (χ3v) is 3.89. The summed E-state index contributed by atoms with van der Waals surface area (Å²) in [6.45, 7) is 1.89. The van der Waals surface area contributed by atoms with Crippen LogP contribution in [0.3, 0.4) is 0 Å². The van der Waals surface area contributed by atoms with Gasteiger partial charge < -0.3 is 20.2 Å². The molecule has 1 aromatic heterocycles. The van der Waals surface area contributed by atoms with Gasteiger partial charge in [0.15, 0.2) is 0 Å². The first-order valence-electron chi connectivity index (χ1n) is 7.32. The minimum absolute atomic E-state index is 0.0208. The summed E-state index contributed by atoms with van der Waals surface area (Å²) in [5, 5.41) is 14.7. The fraction of sp³-hybridized carbons (Fsp3) is 0.600. The monoisotopic (exact) mass is 294 g/mol. The molecule has 6 heteroatoms. The summed E-state index contributed by atoms with van der Waals surface area (Å²) in [5.74, 6) is -0.0650. The molecule has 2 rings (SSSR count). The van der Waals surface area contributed by atoms with Gasteiger partial charge in [0, 0.05) is 12.5 Å². The molecule has 1 unspecified atom stereocenters. The van der Waals surface area contributed by atoms with Gasteiger partial charge in [0.1, 0.15) is 5.76 Å². The number of amides is 2. The molecule has 0 bridgehead atoms. The molecule has 116 valence electrons. The highest BCUT2D eigenvalue weighted by Gasteiger charge is 2.37. The number of carboxylic acid groups (broad SMARTS) is 1. The Morgan fingerprint density at radius 1 is 1.43 bits per heavy atom. The molecule has 6 nitrogen and oxygen atoms in total. The summed E-state index contributed by atoms with van der Waals surface area (Å²) in [5.41, 5.74) is -0.597. The van der Waals surface area contributed by atoms with E-state index >= 15 is 0 Å². The second kappa shape index (κ2) is 6.65. The Balaban J connectivity index is 1.86. The predicted molar refractivity (Wildman–Crippen MR) is 77.0 cm³/mol. The van der Waals surface area contributed by atoms with Gasteiger partial charge in [-0.15, -0.1) is 0 Å². The molecule has 3 N–H and O–H groups in total. The SMILES string of the molecule is CC(Cc1ccco1)NC(=O)NC1(CC(=O)O)CCCC1. The van der Waals surface area contributed by atoms with Crippen molar-refractivity contribution in [2.45, 2.75) is 57.0 Å². The number of carbonyl (C=O) groups excluding carboxylic acids is 1. The molecule has 1 fully saturated rings. The lowest BCUT2D eigenvalue weighted by molar-refractivity contribution is -0.138. The molecule has 1 aromatic rings. The zero-order valence-electron chi connectivity index (χ0n) is 12.2. The van der Waals surface area contributed by atoms with Gasteiger partial charge in [-0.3, -0.25) is 4.79 Å². The van der Waals surface area contributed by atoms with Crippen molar-refractivity contribution >= 4 is 12.0 Å². The van der Waals surface area contributed by atoms with Crippen LogP contribution < -0.4 is 10.6 Å². The summed E-state index contributed by atoms with van der Waals surface area (Å²) in [6, 6.07) is 3.28. The highest BCUT2D eigenvalue weighted by Crippen LogP contribution is 2.32. The van der Waals surface area contributed by atoms with E-state index in [4.69, 9.17) is 9.52 Å². The van der Waals surface area contributed by atoms with Crippen molar-refractivity contribution in [2.24, 2.45) is 0 Å². The maximum atomic E-state index is 12.1. The molecule has 1 saturated carbocycles. The smallest absolute Gasteiger partial charge is 0.315 e. The van der Waals surface area contributed by atoms with Crippen LogP contribution in [0.15, 0.2) is 22.8 Å². The first-order valence-corrected chi connectivity index (χ1v) is 7.32. The average molecular weight is 294 g/mol. The number of carboxylic acids is 1. The van der Waals surface area contributed by atoms with Gasteiger partial charge in [0.2, 0.25) is 0 Å². The molecule has 1 heterocycles. The molecule has 0 aliphatic heterocycles. The Labute approximate surface area is 123 Å². The van der Waals surface area contributed by atoms with Gasteiger partial charge >= 0.3 is 12.0 Å². The van der Waals surface area contributed by atoms with E-state index in [2.05, 4.69) is 10.6 Å². The summed E-state index contributed by atoms with van der Waals surface area (Å²) in [6.07, 6.45) is 5.53. The highest BCUT2D eigenvalue weighted by molar-refractivity contribution is 5.77. The molecule has 1 atom stereocenters. The Morgan fingerprint density at radius 2 is 2.14 bits per heavy atom. The van der Waals surface area contributed by atoms with Crippen molar-refractivity contribution in [3.8, 4) is 0 Å². The van der Waals surface area contributed by atoms with E-state index < -0.39 is 11.5 Å². The number of carbonyl (C=O) groups is 2. The zero-order valence-corrected chi connectivity index (χ0v) is 12.2. The number of hydrogen-bond donors (Lipinski definition) is 3. The fourth-order valence-corrected chi connectivity index (χ4v) is 2.97. The first-order chi connectivity index (χ1) is 9.99. The lowest BCUT2D eigenvalue weighted by Crippen LogP contribution is -2.53. The van der Waals surface area contributed by atoms with E-state index in [0.717, 1.165) is 31.4 Å². The van der Waals surface area contributed by atoms with Gasteiger partial charge in [-0.2, -0.15) is 0 Å². The lowest BCUT2D eigenvalue weighted by Gasteiger charge is -2.29. The van der Waals surface area contributed by atoms with Crippen molar-refractivity contribution in [2.75, 3.05) is 0 Å². The number of hydrogen-bond acceptors (Lipinski definition) is 3. The van der Waals surface area contributed by atoms with Crippen molar-refractivity contribution < 1.29 is 19.1 Å². The van der Waals surface area contributed by atoms with Gasteiger partial charge in [-0.1, -0.05) is 12.8 Å². The van der Waals surface area contributed by atoms with Crippen LogP contribution in [0.25, 0.3) is 0 Å². The van der Waals surface area contributed by atoms with Crippen LogP contribution in [0.4, 0.5) is 4.79 Å². The molecule has 2 amide bonds. The van der Waals surface area contributed by atoms with Crippen LogP contribution in [-0.4, -0.2) is 28.7 Å². The Kier molecular flexibility index (Phi) is 4.88. The summed E-state index contributed by atoms with van der Waals surface area (Å²) in [7, 11) is 0. The van der Waals surface area contributed by atoms with Gasteiger partial charge in [0.05, 0.1) is 18.2 Å². The van der Waals surface area contributed by atoms with E-state index in [-0.39, 0.29) is 18.5 Å². The third kappa shape index (κ3) is 4.51. The minimum Gasteiger partial charge on any atom is -0.481 e. The number of rotatable bonds is 6. The second-order valence-electron chi connectivity index (χ2n) is 5.84. The predicted octanol–water partition coefficient (Wildman–Crippen LogP) is 2.30. The molecular weight excluding hydrogens is 272 g/mol. The van der Waals surface area contributed by atoms with Crippen molar-refractivity contribution in [1.29, 1.82) is 0 Å². The van der Waals surface area contributed by atoms with Crippen LogP contribution in [-0.2, 0) is 11.2 Å². The molecule has 0 spiro atoms. The van der Waals surface area contributed by atoms with E-state index in [1.165, 1.54) is 0 Å². The molecule has 0 saturated heterocycles. The van der Waals surface area contributed by atoms with Crippen LogP contribution in [0.2, 0.25) is 0 Å². The van der Waals surface area contributed by atoms with Crippen LogP contribution in [0, 0.1) is 0 Å². The molecule has 0 radical (unpaired) electrons. The Hall–Kier alpha value is -1.98. The van der Waals surface area contributed by atoms with E-state index in [0.29, 0.717) is 6.42 Å². The molecule has 0 aromatic carbocycles. The molecule has 21 heavy (non-hydrogen) atoms. The van der Waals surface area contributed by atoms with E-state index in [1.807, 2.05) is 19.1 Å². The van der Waals surface area contributed by atoms with E-state index in [9.17, 15) is 9.59 Å². The van der Waals surface area contributed by atoms with Gasteiger partial charge in [-0.25, -0.2) is 4.79 Å². The van der Waals surface area contributed by atoms with Crippen molar-refractivity contribution in [3.63, 3.8) is 0 Å². The summed E-state index contributed by atoms with van der Waals surface area (Å²) >= 11 is 0. The number of furan rings is 1. The fourth-order valence-electron chi connectivity index (χ4n) is 2.97. The lowest BCUT2D eigenvalue weighted by atomic mass is 9.93. The summed E-state index contributed by atoms with van der Waals surface area (Å²) < 4.78 is 5.24. The normalized spacial score (nSPS) is 18.1. The quantitative estimate of drug-likeness (QED) is 0.750. The Morgan fingerprint density at radius 3 is 2.71 bits per heavy atom. The molecular formula is C15H22N2O4. The number of nitrogens with one attached hydrogen (secondary N) is 2. The van der Waals surface area contributed by atoms with Crippen LogP contribution in [0.1, 0.15) is 44.8 Å². The largest absolute Gasteiger partial charge is 0.481 e. The van der Waals surface area contributed by atoms with Crippen molar-refractivity contribution in [1.82, 2.24) is 10.6 Å². The highest BCUT2D eigenvalue weighted by atomic mass is 16.4. The van der Waals surface area contributed by atoms with Crippen LogP contribution >= 0.6 is 0 Å². The maximum Gasteiger partial charge on any atom is 0.315 e. The minimum atomic E-state index is -0.874. The molecule has 1 aliphatic rings. The first kappa shape index (κ1) is 15.4. The van der Waals surface area contributed by atoms with E-state index in [1.54, 1.807) is 6.26 Å².